The predicted octanol–water partition coefficient (Wildman–Crippen LogP) is 3.40. The zero-order valence-electron chi connectivity index (χ0n) is 10.6. The molecule has 1 aliphatic carbocycles. The van der Waals surface area contributed by atoms with Crippen molar-refractivity contribution in [2.45, 2.75) is 38.1 Å². The van der Waals surface area contributed by atoms with Gasteiger partial charge in [0, 0.05) is 24.3 Å². The van der Waals surface area contributed by atoms with Crippen molar-refractivity contribution in [1.29, 1.82) is 0 Å². The summed E-state index contributed by atoms with van der Waals surface area (Å²) in [6.07, 6.45) is 5.01. The van der Waals surface area contributed by atoms with Crippen LogP contribution in [-0.4, -0.2) is 28.7 Å². The van der Waals surface area contributed by atoms with E-state index in [9.17, 15) is 4.79 Å². The van der Waals surface area contributed by atoms with Gasteiger partial charge in [-0.05, 0) is 31.2 Å². The molecule has 2 rings (SSSR count). The minimum atomic E-state index is 0.327. The van der Waals surface area contributed by atoms with Crippen LogP contribution in [0.4, 0.5) is 0 Å². The van der Waals surface area contributed by atoms with Crippen LogP contribution in [0.25, 0.3) is 0 Å². The fourth-order valence-electron chi connectivity index (χ4n) is 2.22. The Balaban J connectivity index is 1.73. The van der Waals surface area contributed by atoms with Crippen molar-refractivity contribution in [2.75, 3.05) is 11.9 Å². The lowest BCUT2D eigenvalue weighted by molar-refractivity contribution is -0.131. The highest BCUT2D eigenvalue weighted by Gasteiger charge is 2.31. The number of benzene rings is 1. The highest BCUT2D eigenvalue weighted by atomic mass is 79.9. The van der Waals surface area contributed by atoms with E-state index in [0.717, 1.165) is 24.7 Å². The van der Waals surface area contributed by atoms with Crippen molar-refractivity contribution in [3.63, 3.8) is 0 Å². The smallest absolute Gasteiger partial charge is 0.222 e. The van der Waals surface area contributed by atoms with Crippen LogP contribution in [0.5, 0.6) is 0 Å². The summed E-state index contributed by atoms with van der Waals surface area (Å²) in [7, 11) is 0. The first-order chi connectivity index (χ1) is 8.81. The molecule has 1 aromatic rings. The number of halogens is 1. The van der Waals surface area contributed by atoms with E-state index in [1.54, 1.807) is 0 Å². The van der Waals surface area contributed by atoms with Gasteiger partial charge in [0.15, 0.2) is 0 Å². The maximum Gasteiger partial charge on any atom is 0.222 e. The van der Waals surface area contributed by atoms with Gasteiger partial charge < -0.3 is 4.90 Å². The first-order valence-corrected chi connectivity index (χ1v) is 7.83. The van der Waals surface area contributed by atoms with Gasteiger partial charge in [-0.3, -0.25) is 4.79 Å². The molecule has 1 aromatic carbocycles. The Morgan fingerprint density at radius 1 is 1.28 bits per heavy atom. The van der Waals surface area contributed by atoms with Gasteiger partial charge in [-0.1, -0.05) is 46.3 Å². The number of hydrogen-bond acceptors (Lipinski definition) is 1. The van der Waals surface area contributed by atoms with Crippen LogP contribution in [-0.2, 0) is 11.2 Å². The lowest BCUT2D eigenvalue weighted by Crippen LogP contribution is -2.34. The Morgan fingerprint density at radius 2 is 2.00 bits per heavy atom. The molecular weight excluding hydrogens is 290 g/mol. The molecule has 0 radical (unpaired) electrons. The van der Waals surface area contributed by atoms with E-state index < -0.39 is 0 Å². The average Bonchev–Trinajstić information content (AvgIpc) is 3.21. The number of hydrogen-bond donors (Lipinski definition) is 0. The van der Waals surface area contributed by atoms with Gasteiger partial charge in [0.25, 0.3) is 0 Å². The van der Waals surface area contributed by atoms with Crippen molar-refractivity contribution < 1.29 is 4.79 Å². The Bertz CT molecular complexity index is 375. The molecule has 98 valence electrons. The number of alkyl halides is 1. The van der Waals surface area contributed by atoms with Gasteiger partial charge in [-0.15, -0.1) is 0 Å². The lowest BCUT2D eigenvalue weighted by atomic mass is 10.1. The summed E-state index contributed by atoms with van der Waals surface area (Å²) in [5, 5.41) is 0.883. The fourth-order valence-corrected chi connectivity index (χ4v) is 2.60. The molecule has 0 bridgehead atoms. The Hall–Kier alpha value is -0.830. The van der Waals surface area contributed by atoms with Gasteiger partial charge in [0.2, 0.25) is 5.91 Å². The second-order valence-corrected chi connectivity index (χ2v) is 5.64. The molecule has 18 heavy (non-hydrogen) atoms. The molecule has 0 heterocycles. The molecule has 0 aliphatic heterocycles. The molecule has 0 saturated heterocycles. The molecule has 1 fully saturated rings. The van der Waals surface area contributed by atoms with Crippen LogP contribution in [0, 0.1) is 0 Å². The van der Waals surface area contributed by atoms with E-state index in [-0.39, 0.29) is 0 Å². The summed E-state index contributed by atoms with van der Waals surface area (Å²) >= 11 is 3.43. The quantitative estimate of drug-likeness (QED) is 0.707. The number of carbonyl (C=O) groups excluding carboxylic acids is 1. The molecule has 1 amide bonds. The topological polar surface area (TPSA) is 20.3 Å². The molecule has 1 saturated carbocycles. The summed E-state index contributed by atoms with van der Waals surface area (Å²) in [5.41, 5.74) is 1.32. The third-order valence-electron chi connectivity index (χ3n) is 3.33. The van der Waals surface area contributed by atoms with Gasteiger partial charge >= 0.3 is 0 Å². The zero-order chi connectivity index (χ0) is 12.8. The van der Waals surface area contributed by atoms with Crippen molar-refractivity contribution >= 4 is 21.8 Å². The van der Waals surface area contributed by atoms with Crippen LogP contribution < -0.4 is 0 Å². The van der Waals surface area contributed by atoms with Crippen molar-refractivity contribution in [1.82, 2.24) is 4.90 Å². The van der Waals surface area contributed by atoms with Crippen molar-refractivity contribution in [3.8, 4) is 0 Å². The number of nitrogens with zero attached hydrogens (tertiary/aromatic N) is 1. The molecule has 2 nitrogen and oxygen atoms in total. The van der Waals surface area contributed by atoms with E-state index in [4.69, 9.17) is 0 Å². The maximum atomic E-state index is 12.1. The van der Waals surface area contributed by atoms with Crippen LogP contribution in [0.2, 0.25) is 0 Å². The summed E-state index contributed by atoms with van der Waals surface area (Å²) in [4.78, 5) is 14.2. The Labute approximate surface area is 117 Å². The monoisotopic (exact) mass is 309 g/mol. The zero-order valence-corrected chi connectivity index (χ0v) is 12.2. The van der Waals surface area contributed by atoms with E-state index in [2.05, 4.69) is 45.1 Å². The van der Waals surface area contributed by atoms with E-state index >= 15 is 0 Å². The second-order valence-electron chi connectivity index (χ2n) is 4.85. The minimum absolute atomic E-state index is 0.327. The standard InChI is InChI=1S/C15H20BrNO/c16-11-12-17(14-9-10-14)15(18)8-4-7-13-5-2-1-3-6-13/h1-3,5-6,14H,4,7-12H2. The number of carbonyl (C=O) groups is 1. The van der Waals surface area contributed by atoms with E-state index in [1.165, 1.54) is 18.4 Å². The number of aryl methyl sites for hydroxylation is 1. The average molecular weight is 310 g/mol. The summed E-state index contributed by atoms with van der Waals surface area (Å²) in [5.74, 6) is 0.327. The summed E-state index contributed by atoms with van der Waals surface area (Å²) in [6, 6.07) is 10.9. The molecule has 0 atom stereocenters. The largest absolute Gasteiger partial charge is 0.339 e. The second kappa shape index (κ2) is 6.93. The summed E-state index contributed by atoms with van der Waals surface area (Å²) in [6.45, 7) is 0.856. The van der Waals surface area contributed by atoms with Gasteiger partial charge in [-0.2, -0.15) is 0 Å². The molecule has 1 aliphatic rings. The maximum absolute atomic E-state index is 12.1. The number of rotatable bonds is 7. The van der Waals surface area contributed by atoms with Crippen LogP contribution >= 0.6 is 15.9 Å². The van der Waals surface area contributed by atoms with Crippen LogP contribution in [0.15, 0.2) is 30.3 Å². The first-order valence-electron chi connectivity index (χ1n) is 6.70. The minimum Gasteiger partial charge on any atom is -0.339 e. The van der Waals surface area contributed by atoms with Crippen molar-refractivity contribution in [2.24, 2.45) is 0 Å². The third kappa shape index (κ3) is 4.13. The third-order valence-corrected chi connectivity index (χ3v) is 3.69. The number of amides is 1. The van der Waals surface area contributed by atoms with E-state index in [0.29, 0.717) is 18.4 Å². The molecule has 0 aromatic heterocycles. The highest BCUT2D eigenvalue weighted by molar-refractivity contribution is 9.09. The normalized spacial score (nSPS) is 14.5. The Morgan fingerprint density at radius 3 is 2.61 bits per heavy atom. The van der Waals surface area contributed by atoms with Gasteiger partial charge in [0.05, 0.1) is 0 Å². The fraction of sp³-hybridized carbons (Fsp3) is 0.533. The predicted molar refractivity (Wildman–Crippen MR) is 77.9 cm³/mol. The first kappa shape index (κ1) is 13.6. The molecule has 3 heteroatoms. The van der Waals surface area contributed by atoms with E-state index in [1.807, 2.05) is 6.07 Å². The molecule has 0 spiro atoms. The van der Waals surface area contributed by atoms with Crippen LogP contribution in [0.1, 0.15) is 31.2 Å². The van der Waals surface area contributed by atoms with Gasteiger partial charge in [-0.25, -0.2) is 0 Å². The SMILES string of the molecule is O=C(CCCc1ccccc1)N(CCBr)C1CC1. The van der Waals surface area contributed by atoms with Gasteiger partial charge in [0.1, 0.15) is 0 Å². The molecule has 0 N–H and O–H groups in total. The lowest BCUT2D eigenvalue weighted by Gasteiger charge is -2.21. The summed E-state index contributed by atoms with van der Waals surface area (Å²) < 4.78 is 0. The van der Waals surface area contributed by atoms with Crippen molar-refractivity contribution in [3.05, 3.63) is 35.9 Å². The Kier molecular flexibility index (Phi) is 5.24. The molecular formula is C15H20BrNO. The molecule has 0 unspecified atom stereocenters. The highest BCUT2D eigenvalue weighted by Crippen LogP contribution is 2.27. The van der Waals surface area contributed by atoms with Crippen LogP contribution in [0.3, 0.4) is 0 Å².